The van der Waals surface area contributed by atoms with Crippen LogP contribution in [0.1, 0.15) is 18.0 Å². The number of aliphatic carboxylic acids is 1. The molecular weight excluding hydrogens is 187 g/mol. The number of nitrogens with two attached hydrogens (primary N) is 1. The van der Waals surface area contributed by atoms with Crippen LogP contribution < -0.4 is 5.73 Å². The van der Waals surface area contributed by atoms with Crippen LogP contribution in [0.2, 0.25) is 0 Å². The lowest BCUT2D eigenvalue weighted by molar-refractivity contribution is -0.137. The van der Waals surface area contributed by atoms with E-state index in [4.69, 9.17) is 10.8 Å². The highest BCUT2D eigenvalue weighted by Gasteiger charge is 2.15. The lowest BCUT2D eigenvalue weighted by Gasteiger charge is -2.10. The number of carboxylic acids is 1. The molecule has 5 heteroatoms. The van der Waals surface area contributed by atoms with Gasteiger partial charge in [-0.15, -0.1) is 0 Å². The number of hydrogen-bond donors (Lipinski definition) is 2. The van der Waals surface area contributed by atoms with E-state index in [0.717, 1.165) is 0 Å². The molecule has 0 bridgehead atoms. The number of halogens is 1. The van der Waals surface area contributed by atoms with Gasteiger partial charge in [-0.2, -0.15) is 0 Å². The Hall–Kier alpha value is -1.49. The van der Waals surface area contributed by atoms with Gasteiger partial charge in [0.1, 0.15) is 5.82 Å². The molecule has 1 atom stereocenters. The minimum absolute atomic E-state index is 0.132. The van der Waals surface area contributed by atoms with Crippen LogP contribution in [0.3, 0.4) is 0 Å². The molecule has 1 heterocycles. The maximum absolute atomic E-state index is 12.8. The van der Waals surface area contributed by atoms with Crippen molar-refractivity contribution in [2.75, 3.05) is 6.54 Å². The summed E-state index contributed by atoms with van der Waals surface area (Å²) in [5.74, 6) is -1.83. The molecule has 3 N–H and O–H groups in total. The zero-order valence-electron chi connectivity index (χ0n) is 7.48. The third kappa shape index (κ3) is 2.77. The van der Waals surface area contributed by atoms with Gasteiger partial charge in [0.25, 0.3) is 0 Å². The van der Waals surface area contributed by atoms with Crippen molar-refractivity contribution >= 4 is 5.97 Å². The van der Waals surface area contributed by atoms with Crippen LogP contribution in [0.15, 0.2) is 18.3 Å². The van der Waals surface area contributed by atoms with E-state index >= 15 is 0 Å². The molecule has 0 saturated heterocycles. The van der Waals surface area contributed by atoms with Crippen molar-refractivity contribution in [1.29, 1.82) is 0 Å². The van der Waals surface area contributed by atoms with Gasteiger partial charge in [0.2, 0.25) is 0 Å². The van der Waals surface area contributed by atoms with Gasteiger partial charge in [-0.1, -0.05) is 0 Å². The minimum Gasteiger partial charge on any atom is -0.481 e. The highest BCUT2D eigenvalue weighted by atomic mass is 19.1. The van der Waals surface area contributed by atoms with Gasteiger partial charge in [0, 0.05) is 24.4 Å². The molecule has 0 spiro atoms. The van der Waals surface area contributed by atoms with Crippen molar-refractivity contribution in [2.24, 2.45) is 5.73 Å². The predicted molar refractivity (Wildman–Crippen MR) is 48.2 cm³/mol. The van der Waals surface area contributed by atoms with Crippen molar-refractivity contribution in [1.82, 2.24) is 4.98 Å². The highest BCUT2D eigenvalue weighted by Crippen LogP contribution is 2.16. The normalized spacial score (nSPS) is 12.4. The number of pyridine rings is 1. The first kappa shape index (κ1) is 10.6. The van der Waals surface area contributed by atoms with Crippen LogP contribution in [0.5, 0.6) is 0 Å². The smallest absolute Gasteiger partial charge is 0.304 e. The van der Waals surface area contributed by atoms with Gasteiger partial charge in [0.05, 0.1) is 6.42 Å². The maximum atomic E-state index is 12.8. The number of aromatic nitrogens is 1. The van der Waals surface area contributed by atoms with Crippen LogP contribution in [0.25, 0.3) is 0 Å². The van der Waals surface area contributed by atoms with Crippen LogP contribution in [-0.4, -0.2) is 22.6 Å². The average Bonchev–Trinajstić information content (AvgIpc) is 2.14. The lowest BCUT2D eigenvalue weighted by atomic mass is 10.0. The Morgan fingerprint density at radius 3 is 2.93 bits per heavy atom. The molecule has 1 rings (SSSR count). The largest absolute Gasteiger partial charge is 0.481 e. The second-order valence-corrected chi connectivity index (χ2v) is 2.93. The minimum atomic E-state index is -0.966. The Bertz CT molecular complexity index is 330. The summed E-state index contributed by atoms with van der Waals surface area (Å²) in [5, 5.41) is 8.57. The monoisotopic (exact) mass is 198 g/mol. The first-order valence-corrected chi connectivity index (χ1v) is 4.16. The second-order valence-electron chi connectivity index (χ2n) is 2.93. The van der Waals surface area contributed by atoms with E-state index in [2.05, 4.69) is 4.98 Å². The number of carbonyl (C=O) groups is 1. The highest BCUT2D eigenvalue weighted by molar-refractivity contribution is 5.67. The molecule has 4 nitrogen and oxygen atoms in total. The van der Waals surface area contributed by atoms with Crippen molar-refractivity contribution < 1.29 is 14.3 Å². The third-order valence-corrected chi connectivity index (χ3v) is 1.87. The number of carboxylic acid groups (broad SMARTS) is 1. The van der Waals surface area contributed by atoms with Gasteiger partial charge in [-0.3, -0.25) is 9.78 Å². The van der Waals surface area contributed by atoms with Crippen LogP contribution >= 0.6 is 0 Å². The van der Waals surface area contributed by atoms with E-state index < -0.39 is 17.7 Å². The average molecular weight is 198 g/mol. The lowest BCUT2D eigenvalue weighted by Crippen LogP contribution is -2.17. The second kappa shape index (κ2) is 4.66. The van der Waals surface area contributed by atoms with Gasteiger partial charge in [-0.05, 0) is 12.1 Å². The van der Waals surface area contributed by atoms with Gasteiger partial charge in [-0.25, -0.2) is 4.39 Å². The van der Waals surface area contributed by atoms with E-state index in [-0.39, 0.29) is 13.0 Å². The van der Waals surface area contributed by atoms with E-state index in [0.29, 0.717) is 5.69 Å². The van der Waals surface area contributed by atoms with Crippen LogP contribution in [0.4, 0.5) is 4.39 Å². The molecule has 0 fully saturated rings. The SMILES string of the molecule is NCC(CC(=O)O)c1cc(F)ccn1. The Morgan fingerprint density at radius 2 is 2.43 bits per heavy atom. The summed E-state index contributed by atoms with van der Waals surface area (Å²) in [7, 11) is 0. The van der Waals surface area contributed by atoms with E-state index in [1.165, 1.54) is 18.3 Å². The molecule has 0 aromatic carbocycles. The fraction of sp³-hybridized carbons (Fsp3) is 0.333. The molecule has 0 radical (unpaired) electrons. The first-order valence-electron chi connectivity index (χ1n) is 4.16. The summed E-state index contributed by atoms with van der Waals surface area (Å²) in [6.45, 7) is 0.142. The molecule has 0 aliphatic heterocycles. The molecule has 0 amide bonds. The molecule has 0 saturated carbocycles. The van der Waals surface area contributed by atoms with Crippen molar-refractivity contribution in [3.05, 3.63) is 29.8 Å². The van der Waals surface area contributed by atoms with Crippen molar-refractivity contribution in [3.8, 4) is 0 Å². The van der Waals surface area contributed by atoms with E-state index in [1.54, 1.807) is 0 Å². The topological polar surface area (TPSA) is 76.2 Å². The maximum Gasteiger partial charge on any atom is 0.304 e. The molecule has 1 unspecified atom stereocenters. The van der Waals surface area contributed by atoms with E-state index in [9.17, 15) is 9.18 Å². The Labute approximate surface area is 80.6 Å². The molecule has 0 aliphatic rings. The summed E-state index contributed by atoms with van der Waals surface area (Å²) >= 11 is 0. The fourth-order valence-electron chi connectivity index (χ4n) is 1.16. The van der Waals surface area contributed by atoms with Crippen molar-refractivity contribution in [3.63, 3.8) is 0 Å². The molecule has 14 heavy (non-hydrogen) atoms. The third-order valence-electron chi connectivity index (χ3n) is 1.87. The van der Waals surface area contributed by atoms with Crippen LogP contribution in [0, 0.1) is 5.82 Å². The number of rotatable bonds is 4. The molecule has 1 aromatic heterocycles. The van der Waals surface area contributed by atoms with Gasteiger partial charge < -0.3 is 10.8 Å². The van der Waals surface area contributed by atoms with Crippen LogP contribution in [-0.2, 0) is 4.79 Å². The molecule has 1 aromatic rings. The van der Waals surface area contributed by atoms with Crippen molar-refractivity contribution in [2.45, 2.75) is 12.3 Å². The molecule has 0 aliphatic carbocycles. The Balaban J connectivity index is 2.83. The quantitative estimate of drug-likeness (QED) is 0.748. The molecule has 76 valence electrons. The number of hydrogen-bond acceptors (Lipinski definition) is 3. The summed E-state index contributed by atoms with van der Waals surface area (Å²) in [5.41, 5.74) is 5.76. The Morgan fingerprint density at radius 1 is 1.71 bits per heavy atom. The number of nitrogens with zero attached hydrogens (tertiary/aromatic N) is 1. The summed E-state index contributed by atoms with van der Waals surface area (Å²) in [6.07, 6.45) is 1.17. The summed E-state index contributed by atoms with van der Waals surface area (Å²) in [6, 6.07) is 2.41. The standard InChI is InChI=1S/C9H11FN2O2/c10-7-1-2-12-8(4-7)6(5-11)3-9(13)14/h1-2,4,6H,3,5,11H2,(H,13,14). The Kier molecular flexibility index (Phi) is 3.53. The van der Waals surface area contributed by atoms with E-state index in [1.807, 2.05) is 0 Å². The zero-order valence-corrected chi connectivity index (χ0v) is 7.48. The zero-order chi connectivity index (χ0) is 10.6. The van der Waals surface area contributed by atoms with Gasteiger partial charge in [0.15, 0.2) is 0 Å². The summed E-state index contributed by atoms with van der Waals surface area (Å²) in [4.78, 5) is 14.3. The molecular formula is C9H11FN2O2. The van der Waals surface area contributed by atoms with Gasteiger partial charge >= 0.3 is 5.97 Å². The summed E-state index contributed by atoms with van der Waals surface area (Å²) < 4.78 is 12.8. The first-order chi connectivity index (χ1) is 6.63. The predicted octanol–water partition coefficient (Wildman–Crippen LogP) is 0.738. The fourth-order valence-corrected chi connectivity index (χ4v) is 1.16.